The van der Waals surface area contributed by atoms with E-state index in [0.717, 1.165) is 57.9 Å². The lowest BCUT2D eigenvalue weighted by Gasteiger charge is -2.30. The van der Waals surface area contributed by atoms with E-state index in [1.165, 1.54) is 25.0 Å². The van der Waals surface area contributed by atoms with Crippen molar-refractivity contribution >= 4 is 40.8 Å². The average Bonchev–Trinajstić information content (AvgIpc) is 2.94. The van der Waals surface area contributed by atoms with Gasteiger partial charge in [-0.15, -0.1) is 0 Å². The molecule has 2 aliphatic rings. The van der Waals surface area contributed by atoms with E-state index in [2.05, 4.69) is 20.4 Å². The van der Waals surface area contributed by atoms with Gasteiger partial charge < -0.3 is 25.5 Å². The highest BCUT2D eigenvalue weighted by Crippen LogP contribution is 2.30. The number of nitrogens with zero attached hydrogens (tertiary/aromatic N) is 6. The number of piperidine rings is 2. The van der Waals surface area contributed by atoms with Gasteiger partial charge in [0.25, 0.3) is 5.91 Å². The van der Waals surface area contributed by atoms with E-state index >= 15 is 0 Å². The van der Waals surface area contributed by atoms with Gasteiger partial charge in [0.1, 0.15) is 0 Å². The number of benzene rings is 2. The lowest BCUT2D eigenvalue weighted by Crippen LogP contribution is -2.34. The Morgan fingerprint density at radius 2 is 1.42 bits per heavy atom. The van der Waals surface area contributed by atoms with Crippen molar-refractivity contribution in [2.24, 2.45) is 0 Å². The van der Waals surface area contributed by atoms with Crippen LogP contribution in [0.4, 0.5) is 34.9 Å². The van der Waals surface area contributed by atoms with E-state index in [4.69, 9.17) is 15.0 Å². The molecule has 0 spiro atoms. The second-order valence-electron chi connectivity index (χ2n) is 9.44. The zero-order valence-corrected chi connectivity index (χ0v) is 21.0. The summed E-state index contributed by atoms with van der Waals surface area (Å²) in [6.07, 6.45) is 6.84. The molecular formula is C26H30N8O4. The van der Waals surface area contributed by atoms with Gasteiger partial charge in [-0.1, -0.05) is 12.1 Å². The van der Waals surface area contributed by atoms with Crippen LogP contribution in [0.15, 0.2) is 42.5 Å². The van der Waals surface area contributed by atoms with Gasteiger partial charge in [-0.25, -0.2) is 0 Å². The molecule has 198 valence electrons. The van der Waals surface area contributed by atoms with Crippen molar-refractivity contribution in [3.8, 4) is 5.75 Å². The minimum Gasteiger partial charge on any atom is -0.502 e. The number of aromatic hydroxyl groups is 1. The Hall–Kier alpha value is -4.48. The zero-order chi connectivity index (χ0) is 26.5. The number of anilines is 5. The molecule has 1 aromatic heterocycles. The van der Waals surface area contributed by atoms with Gasteiger partial charge in [0.05, 0.1) is 10.5 Å². The molecule has 5 rings (SSSR count). The monoisotopic (exact) mass is 518 g/mol. The van der Waals surface area contributed by atoms with Gasteiger partial charge in [0, 0.05) is 43.6 Å². The molecule has 38 heavy (non-hydrogen) atoms. The number of para-hydroxylation sites is 1. The highest BCUT2D eigenvalue weighted by Gasteiger charge is 2.22. The van der Waals surface area contributed by atoms with E-state index in [0.29, 0.717) is 29.2 Å². The average molecular weight is 519 g/mol. The van der Waals surface area contributed by atoms with Crippen LogP contribution in [0.25, 0.3) is 0 Å². The number of phenolic OH excluding ortho intramolecular Hbond substituents is 1. The van der Waals surface area contributed by atoms with Crippen LogP contribution < -0.4 is 20.4 Å². The molecule has 0 aliphatic carbocycles. The maximum Gasteiger partial charge on any atom is 0.311 e. The topological polar surface area (TPSA) is 150 Å². The Labute approximate surface area is 219 Å². The summed E-state index contributed by atoms with van der Waals surface area (Å²) in [7, 11) is 0. The quantitative estimate of drug-likeness (QED) is 0.302. The van der Waals surface area contributed by atoms with E-state index in [-0.39, 0.29) is 5.56 Å². The van der Waals surface area contributed by atoms with Crippen LogP contribution in [-0.2, 0) is 0 Å². The van der Waals surface area contributed by atoms with Gasteiger partial charge in [0.2, 0.25) is 23.6 Å². The second-order valence-corrected chi connectivity index (χ2v) is 9.44. The number of hydrogen-bond donors (Lipinski definition) is 3. The molecule has 3 N–H and O–H groups in total. The Morgan fingerprint density at radius 3 is 2.03 bits per heavy atom. The van der Waals surface area contributed by atoms with Gasteiger partial charge in [0.15, 0.2) is 0 Å². The van der Waals surface area contributed by atoms with Gasteiger partial charge in [-0.2, -0.15) is 15.0 Å². The summed E-state index contributed by atoms with van der Waals surface area (Å²) in [6, 6.07) is 10.8. The maximum atomic E-state index is 12.8. The predicted octanol–water partition coefficient (Wildman–Crippen LogP) is 4.46. The highest BCUT2D eigenvalue weighted by molar-refractivity contribution is 6.07. The van der Waals surface area contributed by atoms with Crippen molar-refractivity contribution in [1.29, 1.82) is 0 Å². The van der Waals surface area contributed by atoms with Crippen molar-refractivity contribution in [2.45, 2.75) is 38.5 Å². The first-order chi connectivity index (χ1) is 18.5. The molecule has 0 atom stereocenters. The molecule has 3 aromatic rings. The molecule has 2 aromatic carbocycles. The highest BCUT2D eigenvalue weighted by atomic mass is 16.6. The summed E-state index contributed by atoms with van der Waals surface area (Å²) in [4.78, 5) is 41.7. The van der Waals surface area contributed by atoms with Gasteiger partial charge in [-0.3, -0.25) is 14.9 Å². The van der Waals surface area contributed by atoms with Crippen LogP contribution in [0.5, 0.6) is 5.75 Å². The van der Waals surface area contributed by atoms with Crippen LogP contribution in [-0.4, -0.2) is 57.1 Å². The third-order valence-corrected chi connectivity index (χ3v) is 6.72. The molecule has 2 aliphatic heterocycles. The molecule has 0 bridgehead atoms. The molecule has 1 amide bonds. The smallest absolute Gasteiger partial charge is 0.311 e. The number of carbonyl (C=O) groups is 1. The van der Waals surface area contributed by atoms with E-state index in [9.17, 15) is 20.0 Å². The van der Waals surface area contributed by atoms with Crippen LogP contribution in [0.3, 0.4) is 0 Å². The summed E-state index contributed by atoms with van der Waals surface area (Å²) in [5, 5.41) is 27.2. The van der Waals surface area contributed by atoms with Gasteiger partial charge in [-0.05, 0) is 62.8 Å². The maximum absolute atomic E-state index is 12.8. The number of nitrogens with one attached hydrogen (secondary N) is 2. The number of phenols is 1. The first-order valence-electron chi connectivity index (χ1n) is 12.9. The first-order valence-corrected chi connectivity index (χ1v) is 12.9. The van der Waals surface area contributed by atoms with Crippen LogP contribution >= 0.6 is 0 Å². The van der Waals surface area contributed by atoms with E-state index < -0.39 is 22.3 Å². The number of nitro groups is 1. The molecule has 12 heteroatoms. The van der Waals surface area contributed by atoms with Gasteiger partial charge >= 0.3 is 5.69 Å². The minimum atomic E-state index is -0.734. The molecular weight excluding hydrogens is 488 g/mol. The largest absolute Gasteiger partial charge is 0.502 e. The standard InChI is InChI=1S/C26H30N8O4/c35-22-20(11-8-12-21(22)34(37)38)23(36)27-18-9-7-10-19(17-18)28-24-29-25(32-13-3-1-4-14-32)31-26(30-24)33-15-5-2-6-16-33/h7-12,17,35H,1-6,13-16H2,(H,27,36)(H,28,29,30,31). The Morgan fingerprint density at radius 1 is 0.842 bits per heavy atom. The van der Waals surface area contributed by atoms with Crippen molar-refractivity contribution in [3.63, 3.8) is 0 Å². The second kappa shape index (κ2) is 11.3. The normalized spacial score (nSPS) is 15.7. The summed E-state index contributed by atoms with van der Waals surface area (Å²) < 4.78 is 0. The lowest BCUT2D eigenvalue weighted by atomic mass is 10.1. The van der Waals surface area contributed by atoms with Crippen LogP contribution in [0.2, 0.25) is 0 Å². The van der Waals surface area contributed by atoms with Crippen molar-refractivity contribution < 1.29 is 14.8 Å². The molecule has 2 saturated heterocycles. The Balaban J connectivity index is 1.37. The molecule has 0 unspecified atom stereocenters. The summed E-state index contributed by atoms with van der Waals surface area (Å²) in [6.45, 7) is 3.65. The number of amides is 1. The van der Waals surface area contributed by atoms with Crippen LogP contribution in [0.1, 0.15) is 48.9 Å². The number of rotatable bonds is 7. The van der Waals surface area contributed by atoms with E-state index in [1.54, 1.807) is 18.2 Å². The Kier molecular flexibility index (Phi) is 7.47. The van der Waals surface area contributed by atoms with Crippen molar-refractivity contribution in [1.82, 2.24) is 15.0 Å². The summed E-state index contributed by atoms with van der Waals surface area (Å²) in [5.41, 5.74) is 0.364. The number of carbonyl (C=O) groups excluding carboxylic acids is 1. The fourth-order valence-electron chi connectivity index (χ4n) is 4.74. The Bertz CT molecular complexity index is 1290. The molecule has 12 nitrogen and oxygen atoms in total. The fraction of sp³-hybridized carbons (Fsp3) is 0.385. The van der Waals surface area contributed by atoms with Crippen molar-refractivity contribution in [3.05, 3.63) is 58.1 Å². The summed E-state index contributed by atoms with van der Waals surface area (Å²) in [5.74, 6) is 0.399. The first kappa shape index (κ1) is 25.2. The molecule has 3 heterocycles. The number of aromatic nitrogens is 3. The third-order valence-electron chi connectivity index (χ3n) is 6.72. The molecule has 0 radical (unpaired) electrons. The molecule has 2 fully saturated rings. The minimum absolute atomic E-state index is 0.188. The lowest BCUT2D eigenvalue weighted by molar-refractivity contribution is -0.385. The third kappa shape index (κ3) is 5.74. The van der Waals surface area contributed by atoms with Crippen molar-refractivity contribution in [2.75, 3.05) is 46.6 Å². The fourth-order valence-corrected chi connectivity index (χ4v) is 4.74. The summed E-state index contributed by atoms with van der Waals surface area (Å²) >= 11 is 0. The zero-order valence-electron chi connectivity index (χ0n) is 21.0. The molecule has 0 saturated carbocycles. The predicted molar refractivity (Wildman–Crippen MR) is 144 cm³/mol. The number of hydrogen-bond acceptors (Lipinski definition) is 10. The van der Waals surface area contributed by atoms with Crippen LogP contribution in [0, 0.1) is 10.1 Å². The SMILES string of the molecule is O=C(Nc1cccc(Nc2nc(N3CCCCC3)nc(N3CCCCC3)n2)c1)c1cccc([N+](=O)[O-])c1O. The van der Waals surface area contributed by atoms with E-state index in [1.807, 2.05) is 6.07 Å². The number of nitro benzene ring substituents is 1.